The largest absolute Gasteiger partial charge is 0.418 e. The molecule has 0 saturated heterocycles. The average molecular weight is 411 g/mol. The molecule has 2 aromatic heterocycles. The van der Waals surface area contributed by atoms with Crippen LogP contribution in [0.1, 0.15) is 12.5 Å². The van der Waals surface area contributed by atoms with Crippen LogP contribution >= 0.6 is 11.8 Å². The van der Waals surface area contributed by atoms with Crippen LogP contribution in [0.5, 0.6) is 0 Å². The predicted molar refractivity (Wildman–Crippen MR) is 95.0 cm³/mol. The molecule has 0 fully saturated rings. The van der Waals surface area contributed by atoms with Crippen molar-refractivity contribution in [2.24, 2.45) is 0 Å². The molecule has 0 aliphatic heterocycles. The number of benzene rings is 1. The number of anilines is 1. The third-order valence-corrected chi connectivity index (χ3v) is 4.77. The highest BCUT2D eigenvalue weighted by atomic mass is 32.2. The van der Waals surface area contributed by atoms with Gasteiger partial charge in [0.05, 0.1) is 21.4 Å². The van der Waals surface area contributed by atoms with Gasteiger partial charge in [0.1, 0.15) is 0 Å². The maximum absolute atomic E-state index is 13.2. The summed E-state index contributed by atoms with van der Waals surface area (Å²) >= 11 is 1.02. The number of rotatable bonds is 5. The molecule has 12 heteroatoms. The maximum atomic E-state index is 13.2. The quantitative estimate of drug-likeness (QED) is 0.389. The van der Waals surface area contributed by atoms with Crippen molar-refractivity contribution in [1.29, 1.82) is 0 Å². The number of nitro benzene ring substituents is 1. The number of pyridine rings is 1. The first kappa shape index (κ1) is 19.6. The van der Waals surface area contributed by atoms with E-state index in [0.717, 1.165) is 23.9 Å². The monoisotopic (exact) mass is 411 g/mol. The van der Waals surface area contributed by atoms with Crippen molar-refractivity contribution >= 4 is 34.7 Å². The van der Waals surface area contributed by atoms with Crippen LogP contribution in [0.15, 0.2) is 47.8 Å². The van der Waals surface area contributed by atoms with Crippen molar-refractivity contribution < 1.29 is 22.9 Å². The molecule has 146 valence electrons. The number of carbonyl (C=O) groups excluding carboxylic acids is 1. The molecular formula is C16H12F3N5O3S. The van der Waals surface area contributed by atoms with E-state index in [1.165, 1.54) is 6.92 Å². The topological polar surface area (TPSA) is 102 Å². The zero-order valence-corrected chi connectivity index (χ0v) is 15.0. The molecule has 1 amide bonds. The number of hydrogen-bond donors (Lipinski definition) is 1. The second kappa shape index (κ2) is 7.46. The second-order valence-corrected chi connectivity index (χ2v) is 6.95. The lowest BCUT2D eigenvalue weighted by molar-refractivity contribution is -0.385. The SMILES string of the molecule is C[C@H](Sc1nnc2ccccn12)C(=O)Nc1ccc([N+](=O)[O-])cc1C(F)(F)F. The Bertz CT molecular complexity index is 1050. The van der Waals surface area contributed by atoms with Gasteiger partial charge >= 0.3 is 6.18 Å². The van der Waals surface area contributed by atoms with Crippen LogP contribution in [0.25, 0.3) is 5.65 Å². The summed E-state index contributed by atoms with van der Waals surface area (Å²) in [4.78, 5) is 22.2. The molecule has 1 aromatic carbocycles. The van der Waals surface area contributed by atoms with E-state index in [9.17, 15) is 28.1 Å². The lowest BCUT2D eigenvalue weighted by atomic mass is 10.1. The third-order valence-electron chi connectivity index (χ3n) is 3.71. The number of amides is 1. The van der Waals surface area contributed by atoms with Crippen LogP contribution in [0.4, 0.5) is 24.5 Å². The van der Waals surface area contributed by atoms with Crippen LogP contribution in [0.2, 0.25) is 0 Å². The fourth-order valence-corrected chi connectivity index (χ4v) is 3.17. The number of non-ortho nitro benzene ring substituents is 1. The number of nitrogens with one attached hydrogen (secondary N) is 1. The van der Waals surface area contributed by atoms with Crippen molar-refractivity contribution in [2.45, 2.75) is 23.5 Å². The van der Waals surface area contributed by atoms with Crippen LogP contribution in [-0.2, 0) is 11.0 Å². The molecule has 0 aliphatic carbocycles. The standard InChI is InChI=1S/C16H12F3N5O3S/c1-9(28-15-22-21-13-4-2-3-7-23(13)15)14(25)20-12-6-5-10(24(26)27)8-11(12)16(17,18)19/h2-9H,1H3,(H,20,25)/t9-/m0/s1. The molecule has 1 N–H and O–H groups in total. The van der Waals surface area contributed by atoms with Gasteiger partial charge in [-0.15, -0.1) is 10.2 Å². The Kier molecular flexibility index (Phi) is 5.23. The predicted octanol–water partition coefficient (Wildman–Crippen LogP) is 3.78. The van der Waals surface area contributed by atoms with Crippen molar-refractivity contribution in [3.63, 3.8) is 0 Å². The Morgan fingerprint density at radius 1 is 1.29 bits per heavy atom. The van der Waals surface area contributed by atoms with E-state index in [1.807, 2.05) is 0 Å². The van der Waals surface area contributed by atoms with Crippen molar-refractivity contribution in [1.82, 2.24) is 14.6 Å². The minimum absolute atomic E-state index is 0.388. The molecule has 0 saturated carbocycles. The Labute approximate surface area is 159 Å². The van der Waals surface area contributed by atoms with Crippen molar-refractivity contribution in [3.8, 4) is 0 Å². The Hall–Kier alpha value is -3.15. The fraction of sp³-hybridized carbons (Fsp3) is 0.188. The molecule has 3 aromatic rings. The van der Waals surface area contributed by atoms with Crippen LogP contribution in [0.3, 0.4) is 0 Å². The number of nitrogens with zero attached hydrogens (tertiary/aromatic N) is 4. The third kappa shape index (κ3) is 4.06. The maximum Gasteiger partial charge on any atom is 0.418 e. The highest BCUT2D eigenvalue weighted by Crippen LogP contribution is 2.37. The van der Waals surface area contributed by atoms with E-state index in [4.69, 9.17) is 0 Å². The Balaban J connectivity index is 1.81. The van der Waals surface area contributed by atoms with Crippen molar-refractivity contribution in [3.05, 3.63) is 58.3 Å². The van der Waals surface area contributed by atoms with Gasteiger partial charge in [0.25, 0.3) is 5.69 Å². The molecule has 0 bridgehead atoms. The second-order valence-electron chi connectivity index (χ2n) is 5.65. The first-order chi connectivity index (χ1) is 13.2. The number of fused-ring (bicyclic) bond motifs is 1. The minimum atomic E-state index is -4.87. The van der Waals surface area contributed by atoms with Gasteiger partial charge in [0, 0.05) is 18.3 Å². The van der Waals surface area contributed by atoms with Gasteiger partial charge in [-0.25, -0.2) is 0 Å². The summed E-state index contributed by atoms with van der Waals surface area (Å²) in [5.41, 5.74) is -2.00. The lowest BCUT2D eigenvalue weighted by Gasteiger charge is -2.15. The first-order valence-electron chi connectivity index (χ1n) is 7.80. The van der Waals surface area contributed by atoms with Gasteiger partial charge in [-0.3, -0.25) is 19.3 Å². The van der Waals surface area contributed by atoms with Crippen LogP contribution in [0, 0.1) is 10.1 Å². The number of halogens is 3. The Morgan fingerprint density at radius 3 is 2.71 bits per heavy atom. The normalized spacial score (nSPS) is 12.7. The Morgan fingerprint density at radius 2 is 2.04 bits per heavy atom. The van der Waals surface area contributed by atoms with E-state index >= 15 is 0 Å². The molecule has 28 heavy (non-hydrogen) atoms. The lowest BCUT2D eigenvalue weighted by Crippen LogP contribution is -2.24. The van der Waals surface area contributed by atoms with E-state index in [2.05, 4.69) is 15.5 Å². The van der Waals surface area contributed by atoms with Gasteiger partial charge < -0.3 is 5.32 Å². The molecule has 8 nitrogen and oxygen atoms in total. The number of nitro groups is 1. The molecule has 0 unspecified atom stereocenters. The summed E-state index contributed by atoms with van der Waals surface area (Å²) in [6.07, 6.45) is -3.17. The summed E-state index contributed by atoms with van der Waals surface area (Å²) in [5, 5.41) is 20.4. The summed E-state index contributed by atoms with van der Waals surface area (Å²) in [6, 6.07) is 7.38. The summed E-state index contributed by atoms with van der Waals surface area (Å²) in [5.74, 6) is -0.711. The average Bonchev–Trinajstić information content (AvgIpc) is 3.04. The molecule has 3 rings (SSSR count). The highest BCUT2D eigenvalue weighted by Gasteiger charge is 2.36. The molecule has 0 spiro atoms. The van der Waals surface area contributed by atoms with Gasteiger partial charge in [-0.2, -0.15) is 13.2 Å². The highest BCUT2D eigenvalue weighted by molar-refractivity contribution is 8.00. The van der Waals surface area contributed by atoms with Crippen LogP contribution < -0.4 is 5.32 Å². The van der Waals surface area contributed by atoms with E-state index in [-0.39, 0.29) is 0 Å². The van der Waals surface area contributed by atoms with E-state index < -0.39 is 39.2 Å². The number of carbonyl (C=O) groups is 1. The number of hydrogen-bond acceptors (Lipinski definition) is 6. The summed E-state index contributed by atoms with van der Waals surface area (Å²) in [7, 11) is 0. The smallest absolute Gasteiger partial charge is 0.325 e. The first-order valence-corrected chi connectivity index (χ1v) is 8.67. The minimum Gasteiger partial charge on any atom is -0.325 e. The molecule has 1 atom stereocenters. The van der Waals surface area contributed by atoms with E-state index in [0.29, 0.717) is 16.9 Å². The fourth-order valence-electron chi connectivity index (χ4n) is 2.34. The van der Waals surface area contributed by atoms with Gasteiger partial charge in [0.2, 0.25) is 5.91 Å². The summed E-state index contributed by atoms with van der Waals surface area (Å²) in [6.45, 7) is 1.50. The zero-order valence-electron chi connectivity index (χ0n) is 14.2. The zero-order chi connectivity index (χ0) is 20.5. The number of alkyl halides is 3. The van der Waals surface area contributed by atoms with E-state index in [1.54, 1.807) is 28.8 Å². The number of aromatic nitrogens is 3. The van der Waals surface area contributed by atoms with Crippen LogP contribution in [-0.4, -0.2) is 30.7 Å². The molecule has 0 aliphatic rings. The molecule has 0 radical (unpaired) electrons. The summed E-state index contributed by atoms with van der Waals surface area (Å²) < 4.78 is 41.3. The van der Waals surface area contributed by atoms with Gasteiger partial charge in [0.15, 0.2) is 10.8 Å². The van der Waals surface area contributed by atoms with Crippen molar-refractivity contribution in [2.75, 3.05) is 5.32 Å². The molecule has 2 heterocycles. The van der Waals surface area contributed by atoms with Gasteiger partial charge in [-0.05, 0) is 25.1 Å². The number of thioether (sulfide) groups is 1. The van der Waals surface area contributed by atoms with Gasteiger partial charge in [-0.1, -0.05) is 17.8 Å². The molecular weight excluding hydrogens is 399 g/mol.